The Hall–Kier alpha value is -5.17. The maximum absolute atomic E-state index is 12.1. The fourth-order valence-electron chi connectivity index (χ4n) is 6.45. The van der Waals surface area contributed by atoms with Gasteiger partial charge in [0.05, 0.1) is 25.5 Å². The van der Waals surface area contributed by atoms with Gasteiger partial charge in [0, 0.05) is 29.1 Å². The molecule has 6 rings (SSSR count). The van der Waals surface area contributed by atoms with Crippen LogP contribution in [0.4, 0.5) is 5.69 Å². The standard InChI is InChI=1S/C39H39N3O4/c1-45-36(43)25-40-33-21-23-34(24-22-33)42-26-35(29-15-19-32(20-16-29)39(44)46-2)41-38(42)37(30-11-7-4-8-12-30)31-17-13-28(14-18-31)27-9-5-3-6-10-27/h3,5-6,9-10,13-24,26,30,37,40H,4,7-8,11-12,25H2,1-2H3. The summed E-state index contributed by atoms with van der Waals surface area (Å²) >= 11 is 0. The molecule has 4 aromatic carbocycles. The maximum Gasteiger partial charge on any atom is 0.337 e. The van der Waals surface area contributed by atoms with Gasteiger partial charge in [-0.2, -0.15) is 0 Å². The van der Waals surface area contributed by atoms with Crippen LogP contribution in [-0.4, -0.2) is 42.3 Å². The fourth-order valence-corrected chi connectivity index (χ4v) is 6.45. The summed E-state index contributed by atoms with van der Waals surface area (Å²) in [6, 6.07) is 34.9. The number of hydrogen-bond acceptors (Lipinski definition) is 6. The van der Waals surface area contributed by atoms with Gasteiger partial charge in [0.2, 0.25) is 0 Å². The van der Waals surface area contributed by atoms with Crippen LogP contribution >= 0.6 is 0 Å². The van der Waals surface area contributed by atoms with Crippen molar-refractivity contribution in [2.45, 2.75) is 38.0 Å². The minimum Gasteiger partial charge on any atom is -0.468 e. The first-order valence-electron chi connectivity index (χ1n) is 15.9. The lowest BCUT2D eigenvalue weighted by molar-refractivity contribution is -0.138. The summed E-state index contributed by atoms with van der Waals surface area (Å²) in [4.78, 5) is 29.1. The molecule has 234 valence electrons. The van der Waals surface area contributed by atoms with E-state index in [0.29, 0.717) is 11.5 Å². The highest BCUT2D eigenvalue weighted by molar-refractivity contribution is 5.89. The summed E-state index contributed by atoms with van der Waals surface area (Å²) in [5, 5.41) is 3.12. The number of nitrogens with one attached hydrogen (secondary N) is 1. The van der Waals surface area contributed by atoms with Gasteiger partial charge in [-0.3, -0.25) is 4.79 Å². The van der Waals surface area contributed by atoms with Gasteiger partial charge in [-0.1, -0.05) is 86.0 Å². The molecule has 1 saturated carbocycles. The number of carbonyl (C=O) groups is 2. The zero-order valence-corrected chi connectivity index (χ0v) is 26.3. The second-order valence-corrected chi connectivity index (χ2v) is 11.8. The molecule has 1 heterocycles. The van der Waals surface area contributed by atoms with Gasteiger partial charge >= 0.3 is 11.9 Å². The summed E-state index contributed by atoms with van der Waals surface area (Å²) in [5.74, 6) is 0.840. The second-order valence-electron chi connectivity index (χ2n) is 11.8. The van der Waals surface area contributed by atoms with E-state index in [9.17, 15) is 9.59 Å². The summed E-state index contributed by atoms with van der Waals surface area (Å²) in [6.07, 6.45) is 8.09. The number of aromatic nitrogens is 2. The summed E-state index contributed by atoms with van der Waals surface area (Å²) in [7, 11) is 2.77. The number of benzene rings is 4. The molecule has 1 aliphatic rings. The molecule has 0 amide bonds. The number of imidazole rings is 1. The minimum atomic E-state index is -0.366. The van der Waals surface area contributed by atoms with E-state index in [1.165, 1.54) is 50.2 Å². The molecular weight excluding hydrogens is 574 g/mol. The number of esters is 2. The molecule has 7 heteroatoms. The zero-order chi connectivity index (χ0) is 31.9. The Bertz CT molecular complexity index is 1760. The van der Waals surface area contributed by atoms with Crippen molar-refractivity contribution in [3.8, 4) is 28.1 Å². The molecule has 1 unspecified atom stereocenters. The Kier molecular flexibility index (Phi) is 9.58. The van der Waals surface area contributed by atoms with Crippen molar-refractivity contribution < 1.29 is 19.1 Å². The van der Waals surface area contributed by atoms with Crippen LogP contribution in [0.5, 0.6) is 0 Å². The Labute approximate surface area is 270 Å². The van der Waals surface area contributed by atoms with Gasteiger partial charge in [-0.15, -0.1) is 0 Å². The van der Waals surface area contributed by atoms with Crippen LogP contribution in [0, 0.1) is 5.92 Å². The summed E-state index contributed by atoms with van der Waals surface area (Å²) in [5.41, 5.74) is 7.70. The molecule has 0 saturated heterocycles. The molecule has 0 aliphatic heterocycles. The first-order chi connectivity index (χ1) is 22.5. The predicted octanol–water partition coefficient (Wildman–Crippen LogP) is 8.29. The SMILES string of the molecule is COC(=O)CNc1ccc(-n2cc(-c3ccc(C(=O)OC)cc3)nc2C(c2ccc(-c3ccccc3)cc2)C2CCCCC2)cc1. The van der Waals surface area contributed by atoms with Crippen LogP contribution < -0.4 is 5.32 Å². The lowest BCUT2D eigenvalue weighted by Gasteiger charge is -2.31. The van der Waals surface area contributed by atoms with Gasteiger partial charge in [0.1, 0.15) is 12.4 Å². The van der Waals surface area contributed by atoms with Gasteiger partial charge in [0.15, 0.2) is 0 Å². The number of hydrogen-bond donors (Lipinski definition) is 1. The third kappa shape index (κ3) is 6.89. The normalized spacial score (nSPS) is 14.0. The summed E-state index contributed by atoms with van der Waals surface area (Å²) in [6.45, 7) is 0.0978. The van der Waals surface area contributed by atoms with E-state index in [-0.39, 0.29) is 24.4 Å². The third-order valence-electron chi connectivity index (χ3n) is 8.92. The average Bonchev–Trinajstić information content (AvgIpc) is 3.56. The van der Waals surface area contributed by atoms with Gasteiger partial charge in [-0.05, 0) is 71.8 Å². The lowest BCUT2D eigenvalue weighted by Crippen LogP contribution is -2.21. The quantitative estimate of drug-likeness (QED) is 0.160. The average molecular weight is 614 g/mol. The van der Waals surface area contributed by atoms with Gasteiger partial charge < -0.3 is 19.4 Å². The Morgan fingerprint density at radius 1 is 0.783 bits per heavy atom. The van der Waals surface area contributed by atoms with Crippen LogP contribution in [0.1, 0.15) is 59.8 Å². The van der Waals surface area contributed by atoms with Crippen LogP contribution in [0.25, 0.3) is 28.1 Å². The molecule has 5 aromatic rings. The molecule has 7 nitrogen and oxygen atoms in total. The largest absolute Gasteiger partial charge is 0.468 e. The lowest BCUT2D eigenvalue weighted by atomic mass is 9.76. The maximum atomic E-state index is 12.1. The number of anilines is 1. The van der Waals surface area contributed by atoms with Crippen molar-refractivity contribution >= 4 is 17.6 Å². The van der Waals surface area contributed by atoms with Crippen molar-refractivity contribution in [2.75, 3.05) is 26.1 Å². The van der Waals surface area contributed by atoms with E-state index >= 15 is 0 Å². The van der Waals surface area contributed by atoms with Gasteiger partial charge in [0.25, 0.3) is 0 Å². The van der Waals surface area contributed by atoms with Crippen molar-refractivity contribution in [3.05, 3.63) is 126 Å². The number of carbonyl (C=O) groups excluding carboxylic acids is 2. The van der Waals surface area contributed by atoms with Crippen molar-refractivity contribution in [1.29, 1.82) is 0 Å². The van der Waals surface area contributed by atoms with Gasteiger partial charge in [-0.25, -0.2) is 9.78 Å². The van der Waals surface area contributed by atoms with E-state index in [0.717, 1.165) is 41.3 Å². The Balaban J connectivity index is 1.43. The highest BCUT2D eigenvalue weighted by atomic mass is 16.5. The van der Waals surface area contributed by atoms with Crippen LogP contribution in [0.2, 0.25) is 0 Å². The predicted molar refractivity (Wildman–Crippen MR) is 181 cm³/mol. The van der Waals surface area contributed by atoms with Crippen molar-refractivity contribution in [1.82, 2.24) is 9.55 Å². The minimum absolute atomic E-state index is 0.0883. The topological polar surface area (TPSA) is 82.5 Å². The fraction of sp³-hybridized carbons (Fsp3) is 0.256. The van der Waals surface area contributed by atoms with Crippen LogP contribution in [-0.2, 0) is 14.3 Å². The number of nitrogens with zero attached hydrogens (tertiary/aromatic N) is 2. The van der Waals surface area contributed by atoms with E-state index in [2.05, 4.69) is 64.6 Å². The van der Waals surface area contributed by atoms with Crippen molar-refractivity contribution in [2.24, 2.45) is 5.92 Å². The number of rotatable bonds is 10. The van der Waals surface area contributed by atoms with E-state index < -0.39 is 0 Å². The van der Waals surface area contributed by atoms with E-state index in [4.69, 9.17) is 14.5 Å². The molecule has 1 N–H and O–H groups in total. The zero-order valence-electron chi connectivity index (χ0n) is 26.3. The molecule has 0 bridgehead atoms. The Morgan fingerprint density at radius 2 is 1.43 bits per heavy atom. The molecule has 0 spiro atoms. The molecular formula is C39H39N3O4. The van der Waals surface area contributed by atoms with Crippen LogP contribution in [0.3, 0.4) is 0 Å². The van der Waals surface area contributed by atoms with E-state index in [1.54, 1.807) is 12.1 Å². The number of methoxy groups -OCH3 is 2. The molecule has 1 fully saturated rings. The smallest absolute Gasteiger partial charge is 0.337 e. The molecule has 0 radical (unpaired) electrons. The molecule has 1 aliphatic carbocycles. The number of ether oxygens (including phenoxy) is 2. The molecule has 46 heavy (non-hydrogen) atoms. The Morgan fingerprint density at radius 3 is 2.09 bits per heavy atom. The molecule has 1 aromatic heterocycles. The molecule has 1 atom stereocenters. The van der Waals surface area contributed by atoms with Crippen LogP contribution in [0.15, 0.2) is 109 Å². The van der Waals surface area contributed by atoms with E-state index in [1.807, 2.05) is 42.5 Å². The summed E-state index contributed by atoms with van der Waals surface area (Å²) < 4.78 is 11.9. The third-order valence-corrected chi connectivity index (χ3v) is 8.92. The first kappa shape index (κ1) is 30.8. The highest BCUT2D eigenvalue weighted by Gasteiger charge is 2.31. The highest BCUT2D eigenvalue weighted by Crippen LogP contribution is 2.42. The first-order valence-corrected chi connectivity index (χ1v) is 15.9. The van der Waals surface area contributed by atoms with Crippen molar-refractivity contribution in [3.63, 3.8) is 0 Å². The second kappa shape index (κ2) is 14.3. The monoisotopic (exact) mass is 613 g/mol.